The third-order valence-electron chi connectivity index (χ3n) is 5.72. The van der Waals surface area contributed by atoms with E-state index in [9.17, 15) is 9.59 Å². The van der Waals surface area contributed by atoms with Crippen LogP contribution in [0.2, 0.25) is 10.0 Å². The van der Waals surface area contributed by atoms with E-state index in [0.29, 0.717) is 16.3 Å². The quantitative estimate of drug-likeness (QED) is 0.234. The highest BCUT2D eigenvalue weighted by Crippen LogP contribution is 2.37. The fraction of sp³-hybridized carbons (Fsp3) is 0.103. The molecule has 0 aliphatic rings. The summed E-state index contributed by atoms with van der Waals surface area (Å²) in [6, 6.07) is 27.6. The summed E-state index contributed by atoms with van der Waals surface area (Å²) in [4.78, 5) is 27.1. The number of benzene rings is 4. The highest BCUT2D eigenvalue weighted by molar-refractivity contribution is 8.00. The molecule has 0 saturated carbocycles. The Morgan fingerprint density at radius 1 is 0.806 bits per heavy atom. The topological polar surface area (TPSA) is 58.2 Å². The molecule has 0 fully saturated rings. The Labute approximate surface area is 225 Å². The summed E-state index contributed by atoms with van der Waals surface area (Å²) in [6.45, 7) is 4.01. The van der Waals surface area contributed by atoms with Gasteiger partial charge in [0.2, 0.25) is 5.91 Å². The average Bonchev–Trinajstić information content (AvgIpc) is 2.86. The molecule has 4 aromatic rings. The third kappa shape index (κ3) is 6.30. The minimum atomic E-state index is -0.497. The zero-order valence-corrected chi connectivity index (χ0v) is 22.0. The Balaban J connectivity index is 1.56. The van der Waals surface area contributed by atoms with Crippen LogP contribution in [0.4, 0.5) is 11.4 Å². The first kappa shape index (κ1) is 25.8. The first-order valence-corrected chi connectivity index (χ1v) is 12.9. The summed E-state index contributed by atoms with van der Waals surface area (Å²) < 4.78 is 0. The number of anilines is 2. The second-order valence-electron chi connectivity index (χ2n) is 8.25. The van der Waals surface area contributed by atoms with Crippen molar-refractivity contribution in [2.75, 3.05) is 10.6 Å². The minimum absolute atomic E-state index is 0.123. The molecular formula is C29H24Cl2N2O2S. The number of hydrogen-bond acceptors (Lipinski definition) is 3. The van der Waals surface area contributed by atoms with Crippen LogP contribution in [0.5, 0.6) is 0 Å². The van der Waals surface area contributed by atoms with Crippen molar-refractivity contribution >= 4 is 58.2 Å². The number of halogens is 2. The molecule has 36 heavy (non-hydrogen) atoms. The fourth-order valence-corrected chi connectivity index (χ4v) is 5.22. The van der Waals surface area contributed by atoms with Gasteiger partial charge in [-0.1, -0.05) is 71.7 Å². The zero-order chi connectivity index (χ0) is 25.7. The highest BCUT2D eigenvalue weighted by Gasteiger charge is 2.23. The van der Waals surface area contributed by atoms with Crippen LogP contribution < -0.4 is 10.6 Å². The predicted molar refractivity (Wildman–Crippen MR) is 150 cm³/mol. The normalized spacial score (nSPS) is 11.6. The Morgan fingerprint density at radius 3 is 2.31 bits per heavy atom. The number of nitrogens with one attached hydrogen (secondary N) is 2. The summed E-state index contributed by atoms with van der Waals surface area (Å²) >= 11 is 13.5. The second-order valence-corrected chi connectivity index (χ2v) is 10.3. The SMILES string of the molecule is Cc1cccc(NC(=O)C(Sc2cccc(NC(=O)c3ccc(Cl)cc3Cl)c2)c2ccccc2)c1C. The lowest BCUT2D eigenvalue weighted by atomic mass is 10.1. The summed E-state index contributed by atoms with van der Waals surface area (Å²) in [5, 5.41) is 6.21. The monoisotopic (exact) mass is 534 g/mol. The van der Waals surface area contributed by atoms with Crippen LogP contribution in [-0.4, -0.2) is 11.8 Å². The number of carbonyl (C=O) groups excluding carboxylic acids is 2. The Hall–Kier alpha value is -3.25. The molecule has 0 aliphatic carbocycles. The fourth-order valence-electron chi connectivity index (χ4n) is 3.64. The molecule has 0 heterocycles. The van der Waals surface area contributed by atoms with E-state index in [2.05, 4.69) is 10.6 Å². The maximum atomic E-state index is 13.5. The first-order chi connectivity index (χ1) is 17.3. The van der Waals surface area contributed by atoms with Crippen LogP contribution in [-0.2, 0) is 4.79 Å². The van der Waals surface area contributed by atoms with Gasteiger partial charge in [-0.25, -0.2) is 0 Å². The zero-order valence-electron chi connectivity index (χ0n) is 19.7. The second kappa shape index (κ2) is 11.7. The van der Waals surface area contributed by atoms with Gasteiger partial charge < -0.3 is 10.6 Å². The lowest BCUT2D eigenvalue weighted by Gasteiger charge is -2.19. The predicted octanol–water partition coefficient (Wildman–Crippen LogP) is 8.33. The van der Waals surface area contributed by atoms with E-state index in [-0.39, 0.29) is 16.8 Å². The molecule has 0 bridgehead atoms. The lowest BCUT2D eigenvalue weighted by molar-refractivity contribution is -0.115. The first-order valence-electron chi connectivity index (χ1n) is 11.3. The minimum Gasteiger partial charge on any atom is -0.325 e. The number of hydrogen-bond donors (Lipinski definition) is 2. The molecule has 0 spiro atoms. The van der Waals surface area contributed by atoms with E-state index in [4.69, 9.17) is 23.2 Å². The molecule has 2 N–H and O–H groups in total. The van der Waals surface area contributed by atoms with Crippen molar-refractivity contribution in [1.82, 2.24) is 0 Å². The molecule has 0 radical (unpaired) electrons. The van der Waals surface area contributed by atoms with Crippen LogP contribution in [0.15, 0.2) is 95.9 Å². The molecule has 0 saturated heterocycles. The van der Waals surface area contributed by atoms with Gasteiger partial charge in [-0.3, -0.25) is 9.59 Å². The van der Waals surface area contributed by atoms with Crippen LogP contribution >= 0.6 is 35.0 Å². The summed E-state index contributed by atoms with van der Waals surface area (Å²) in [5.74, 6) is -0.464. The Morgan fingerprint density at radius 2 is 1.56 bits per heavy atom. The smallest absolute Gasteiger partial charge is 0.257 e. The summed E-state index contributed by atoms with van der Waals surface area (Å²) in [6.07, 6.45) is 0. The van der Waals surface area contributed by atoms with Crippen molar-refractivity contribution in [1.29, 1.82) is 0 Å². The number of amides is 2. The molecule has 182 valence electrons. The Bertz CT molecular complexity index is 1410. The van der Waals surface area contributed by atoms with Crippen molar-refractivity contribution in [3.8, 4) is 0 Å². The van der Waals surface area contributed by atoms with Gasteiger partial charge in [0.15, 0.2) is 0 Å². The molecule has 2 amide bonds. The number of rotatable bonds is 7. The molecule has 1 atom stereocenters. The van der Waals surface area contributed by atoms with Crippen LogP contribution in [0, 0.1) is 13.8 Å². The van der Waals surface area contributed by atoms with E-state index in [1.807, 2.05) is 80.6 Å². The van der Waals surface area contributed by atoms with E-state index >= 15 is 0 Å². The van der Waals surface area contributed by atoms with Gasteiger partial charge in [-0.2, -0.15) is 0 Å². The molecule has 7 heteroatoms. The van der Waals surface area contributed by atoms with E-state index < -0.39 is 5.25 Å². The van der Waals surface area contributed by atoms with Gasteiger partial charge >= 0.3 is 0 Å². The van der Waals surface area contributed by atoms with Gasteiger partial charge in [0.1, 0.15) is 5.25 Å². The van der Waals surface area contributed by atoms with Crippen molar-refractivity contribution < 1.29 is 9.59 Å². The lowest BCUT2D eigenvalue weighted by Crippen LogP contribution is -2.19. The highest BCUT2D eigenvalue weighted by atomic mass is 35.5. The standard InChI is InChI=1S/C29H24Cl2N2O2S/c1-18-8-6-13-26(19(18)2)33-29(35)27(20-9-4-3-5-10-20)36-23-12-7-11-22(17-23)32-28(34)24-15-14-21(30)16-25(24)31/h3-17,27H,1-2H3,(H,32,34)(H,33,35). The molecule has 4 rings (SSSR count). The summed E-state index contributed by atoms with van der Waals surface area (Å²) in [7, 11) is 0. The van der Waals surface area contributed by atoms with Crippen LogP contribution in [0.25, 0.3) is 0 Å². The van der Waals surface area contributed by atoms with Crippen molar-refractivity contribution in [2.45, 2.75) is 24.0 Å². The average molecular weight is 535 g/mol. The molecular weight excluding hydrogens is 511 g/mol. The Kier molecular flexibility index (Phi) is 8.36. The van der Waals surface area contributed by atoms with Crippen LogP contribution in [0.1, 0.15) is 32.3 Å². The van der Waals surface area contributed by atoms with Crippen LogP contribution in [0.3, 0.4) is 0 Å². The van der Waals surface area contributed by atoms with Gasteiger partial charge in [0, 0.05) is 21.3 Å². The molecule has 4 nitrogen and oxygen atoms in total. The number of aryl methyl sites for hydroxylation is 1. The maximum Gasteiger partial charge on any atom is 0.257 e. The van der Waals surface area contributed by atoms with Gasteiger partial charge in [0.25, 0.3) is 5.91 Å². The van der Waals surface area contributed by atoms with E-state index in [1.54, 1.807) is 18.2 Å². The van der Waals surface area contributed by atoms with E-state index in [0.717, 1.165) is 27.3 Å². The van der Waals surface area contributed by atoms with E-state index in [1.165, 1.54) is 17.8 Å². The largest absolute Gasteiger partial charge is 0.325 e. The van der Waals surface area contributed by atoms with Gasteiger partial charge in [-0.15, -0.1) is 11.8 Å². The molecule has 0 aromatic heterocycles. The third-order valence-corrected chi connectivity index (χ3v) is 7.52. The number of carbonyl (C=O) groups is 2. The summed E-state index contributed by atoms with van der Waals surface area (Å²) in [5.41, 5.74) is 4.75. The van der Waals surface area contributed by atoms with Gasteiger partial charge in [0.05, 0.1) is 10.6 Å². The van der Waals surface area contributed by atoms with Gasteiger partial charge in [-0.05, 0) is 73.0 Å². The molecule has 4 aromatic carbocycles. The maximum absolute atomic E-state index is 13.5. The molecule has 0 aliphatic heterocycles. The van der Waals surface area contributed by atoms with Crippen molar-refractivity contribution in [3.05, 3.63) is 123 Å². The van der Waals surface area contributed by atoms with Crippen molar-refractivity contribution in [2.24, 2.45) is 0 Å². The number of thioether (sulfide) groups is 1. The molecule has 1 unspecified atom stereocenters. The van der Waals surface area contributed by atoms with Crippen molar-refractivity contribution in [3.63, 3.8) is 0 Å².